The van der Waals surface area contributed by atoms with Crippen LogP contribution in [0.5, 0.6) is 0 Å². The van der Waals surface area contributed by atoms with Crippen molar-refractivity contribution in [1.29, 1.82) is 0 Å². The van der Waals surface area contributed by atoms with E-state index >= 15 is 0 Å². The van der Waals surface area contributed by atoms with Gasteiger partial charge in [0.1, 0.15) is 5.82 Å². The summed E-state index contributed by atoms with van der Waals surface area (Å²) in [4.78, 5) is 2.56. The predicted octanol–water partition coefficient (Wildman–Crippen LogP) is 4.50. The molecule has 0 saturated carbocycles. The van der Waals surface area contributed by atoms with Crippen LogP contribution in [-0.2, 0) is 0 Å². The van der Waals surface area contributed by atoms with Crippen LogP contribution in [0.3, 0.4) is 0 Å². The Labute approximate surface area is 146 Å². The third-order valence-electron chi connectivity index (χ3n) is 4.26. The molecule has 0 bridgehead atoms. The van der Waals surface area contributed by atoms with Gasteiger partial charge < -0.3 is 5.32 Å². The Kier molecular flexibility index (Phi) is 11.0. The number of benzene rings is 1. The Bertz CT molecular complexity index is 423. The molecule has 1 fully saturated rings. The van der Waals surface area contributed by atoms with Crippen molar-refractivity contribution < 1.29 is 4.39 Å². The Balaban J connectivity index is 0.00000220. The second kappa shape index (κ2) is 11.2. The van der Waals surface area contributed by atoms with Crippen LogP contribution in [0.4, 0.5) is 4.39 Å². The maximum atomic E-state index is 13.3. The monoisotopic (exact) mass is 350 g/mol. The SMILES string of the molecule is CCCCC[C@H](c1ccc(F)cc1C)N1CCNCC1.Cl.Cl. The molecule has 1 aliphatic heterocycles. The number of rotatable bonds is 6. The Morgan fingerprint density at radius 2 is 1.86 bits per heavy atom. The van der Waals surface area contributed by atoms with E-state index in [9.17, 15) is 4.39 Å². The van der Waals surface area contributed by atoms with Gasteiger partial charge in [0.05, 0.1) is 0 Å². The van der Waals surface area contributed by atoms with Crippen LogP contribution in [0.25, 0.3) is 0 Å². The lowest BCUT2D eigenvalue weighted by Gasteiger charge is -2.36. The molecule has 22 heavy (non-hydrogen) atoms. The zero-order chi connectivity index (χ0) is 14.4. The van der Waals surface area contributed by atoms with Gasteiger partial charge in [-0.05, 0) is 36.6 Å². The molecule has 1 heterocycles. The molecular formula is C17H29Cl2FN2. The average molecular weight is 351 g/mol. The summed E-state index contributed by atoms with van der Waals surface area (Å²) in [5.74, 6) is -0.126. The first-order valence-corrected chi connectivity index (χ1v) is 7.93. The van der Waals surface area contributed by atoms with E-state index in [0.717, 1.165) is 31.7 Å². The molecule has 1 atom stereocenters. The van der Waals surface area contributed by atoms with E-state index < -0.39 is 0 Å². The number of unbranched alkanes of at least 4 members (excludes halogenated alkanes) is 2. The van der Waals surface area contributed by atoms with Gasteiger partial charge in [0.2, 0.25) is 0 Å². The number of nitrogens with zero attached hydrogens (tertiary/aromatic N) is 1. The van der Waals surface area contributed by atoms with Gasteiger partial charge in [-0.15, -0.1) is 24.8 Å². The van der Waals surface area contributed by atoms with E-state index in [1.807, 2.05) is 13.0 Å². The fraction of sp³-hybridized carbons (Fsp3) is 0.647. The molecule has 0 radical (unpaired) electrons. The minimum Gasteiger partial charge on any atom is -0.314 e. The van der Waals surface area contributed by atoms with Gasteiger partial charge in [0.15, 0.2) is 0 Å². The lowest BCUT2D eigenvalue weighted by Crippen LogP contribution is -2.45. The van der Waals surface area contributed by atoms with E-state index in [1.54, 1.807) is 12.1 Å². The van der Waals surface area contributed by atoms with Gasteiger partial charge in [0.25, 0.3) is 0 Å². The fourth-order valence-corrected chi connectivity index (χ4v) is 3.13. The molecule has 5 heteroatoms. The summed E-state index contributed by atoms with van der Waals surface area (Å²) in [6.45, 7) is 8.58. The highest BCUT2D eigenvalue weighted by Gasteiger charge is 2.23. The van der Waals surface area contributed by atoms with Crippen LogP contribution in [0.1, 0.15) is 49.8 Å². The molecular weight excluding hydrogens is 322 g/mol. The minimum atomic E-state index is -0.126. The van der Waals surface area contributed by atoms with Gasteiger partial charge in [-0.25, -0.2) is 4.39 Å². The lowest BCUT2D eigenvalue weighted by molar-refractivity contribution is 0.162. The number of piperazine rings is 1. The predicted molar refractivity (Wildman–Crippen MR) is 97.0 cm³/mol. The Hall–Kier alpha value is -0.350. The Morgan fingerprint density at radius 3 is 2.45 bits per heavy atom. The minimum absolute atomic E-state index is 0. The summed E-state index contributed by atoms with van der Waals surface area (Å²) in [5.41, 5.74) is 2.40. The van der Waals surface area contributed by atoms with E-state index in [2.05, 4.69) is 17.1 Å². The first-order chi connectivity index (χ1) is 9.72. The van der Waals surface area contributed by atoms with E-state index in [1.165, 1.54) is 31.2 Å². The number of hydrogen-bond acceptors (Lipinski definition) is 2. The van der Waals surface area contributed by atoms with Crippen LogP contribution < -0.4 is 5.32 Å². The molecule has 0 amide bonds. The lowest BCUT2D eigenvalue weighted by atomic mass is 9.94. The summed E-state index contributed by atoms with van der Waals surface area (Å²) in [6, 6.07) is 5.72. The van der Waals surface area contributed by atoms with Crippen LogP contribution in [0.2, 0.25) is 0 Å². The van der Waals surface area contributed by atoms with Crippen LogP contribution in [0, 0.1) is 12.7 Å². The molecule has 1 N–H and O–H groups in total. The highest BCUT2D eigenvalue weighted by atomic mass is 35.5. The number of hydrogen-bond donors (Lipinski definition) is 1. The van der Waals surface area contributed by atoms with Crippen molar-refractivity contribution in [1.82, 2.24) is 10.2 Å². The van der Waals surface area contributed by atoms with E-state index in [0.29, 0.717) is 6.04 Å². The van der Waals surface area contributed by atoms with Crippen molar-refractivity contribution in [2.24, 2.45) is 0 Å². The topological polar surface area (TPSA) is 15.3 Å². The molecule has 1 aliphatic rings. The molecule has 128 valence electrons. The average Bonchev–Trinajstić information content (AvgIpc) is 2.46. The van der Waals surface area contributed by atoms with E-state index in [-0.39, 0.29) is 30.6 Å². The van der Waals surface area contributed by atoms with Crippen LogP contribution in [-0.4, -0.2) is 31.1 Å². The largest absolute Gasteiger partial charge is 0.314 e. The van der Waals surface area contributed by atoms with Crippen molar-refractivity contribution >= 4 is 24.8 Å². The highest BCUT2D eigenvalue weighted by molar-refractivity contribution is 5.85. The number of aryl methyl sites for hydroxylation is 1. The van der Waals surface area contributed by atoms with Crippen molar-refractivity contribution in [2.45, 2.75) is 45.6 Å². The number of nitrogens with one attached hydrogen (secondary N) is 1. The number of halogens is 3. The molecule has 0 aromatic heterocycles. The summed E-state index contributed by atoms with van der Waals surface area (Å²) < 4.78 is 13.3. The van der Waals surface area contributed by atoms with Crippen LogP contribution in [0.15, 0.2) is 18.2 Å². The standard InChI is InChI=1S/C17H27FN2.2ClH/c1-3-4-5-6-17(20-11-9-19-10-12-20)16-8-7-15(18)13-14(16)2;;/h7-8,13,17,19H,3-6,9-12H2,1-2H3;2*1H/t17-;;/m1../s1. The molecule has 1 saturated heterocycles. The van der Waals surface area contributed by atoms with Crippen molar-refractivity contribution in [3.63, 3.8) is 0 Å². The van der Waals surface area contributed by atoms with Gasteiger partial charge in [-0.3, -0.25) is 4.90 Å². The van der Waals surface area contributed by atoms with Crippen LogP contribution >= 0.6 is 24.8 Å². The third-order valence-corrected chi connectivity index (χ3v) is 4.26. The molecule has 2 nitrogen and oxygen atoms in total. The molecule has 2 rings (SSSR count). The van der Waals surface area contributed by atoms with Gasteiger partial charge >= 0.3 is 0 Å². The third kappa shape index (κ3) is 6.04. The normalized spacial score (nSPS) is 16.5. The maximum absolute atomic E-state index is 13.3. The first-order valence-electron chi connectivity index (χ1n) is 7.93. The maximum Gasteiger partial charge on any atom is 0.123 e. The van der Waals surface area contributed by atoms with Crippen molar-refractivity contribution in [2.75, 3.05) is 26.2 Å². The quantitative estimate of drug-likeness (QED) is 0.759. The molecule has 0 spiro atoms. The smallest absolute Gasteiger partial charge is 0.123 e. The second-order valence-corrected chi connectivity index (χ2v) is 5.80. The molecule has 1 aromatic rings. The molecule has 1 aromatic carbocycles. The van der Waals surface area contributed by atoms with Gasteiger partial charge in [-0.1, -0.05) is 32.3 Å². The van der Waals surface area contributed by atoms with Gasteiger partial charge in [0, 0.05) is 32.2 Å². The Morgan fingerprint density at radius 1 is 1.18 bits per heavy atom. The zero-order valence-corrected chi connectivity index (χ0v) is 15.2. The fourth-order valence-electron chi connectivity index (χ4n) is 3.13. The second-order valence-electron chi connectivity index (χ2n) is 5.80. The highest BCUT2D eigenvalue weighted by Crippen LogP contribution is 2.29. The molecule has 0 unspecified atom stereocenters. The first kappa shape index (κ1) is 21.6. The summed E-state index contributed by atoms with van der Waals surface area (Å²) in [5, 5.41) is 3.41. The van der Waals surface area contributed by atoms with Crippen molar-refractivity contribution in [3.05, 3.63) is 35.1 Å². The van der Waals surface area contributed by atoms with Gasteiger partial charge in [-0.2, -0.15) is 0 Å². The summed E-state index contributed by atoms with van der Waals surface area (Å²) in [7, 11) is 0. The van der Waals surface area contributed by atoms with Crippen molar-refractivity contribution in [3.8, 4) is 0 Å². The molecule has 0 aliphatic carbocycles. The zero-order valence-electron chi connectivity index (χ0n) is 13.6. The van der Waals surface area contributed by atoms with E-state index in [4.69, 9.17) is 0 Å². The summed E-state index contributed by atoms with van der Waals surface area (Å²) in [6.07, 6.45) is 4.96. The summed E-state index contributed by atoms with van der Waals surface area (Å²) >= 11 is 0.